The molecule has 6 heteroatoms. The van der Waals surface area contributed by atoms with Crippen molar-refractivity contribution in [2.45, 2.75) is 63.4 Å². The zero-order chi connectivity index (χ0) is 22.0. The van der Waals surface area contributed by atoms with E-state index < -0.39 is 11.8 Å². The number of esters is 1. The SMILES string of the molecule is C=C1NC2=C(C(=O)CCC2)C(c2ccc(OC)cc2OC)C1C(=O)OC1CCCCC1. The third-order valence-corrected chi connectivity index (χ3v) is 6.65. The van der Waals surface area contributed by atoms with Crippen molar-refractivity contribution < 1.29 is 23.8 Å². The van der Waals surface area contributed by atoms with Crippen LogP contribution in [0.3, 0.4) is 0 Å². The molecule has 6 nitrogen and oxygen atoms in total. The minimum atomic E-state index is -0.690. The van der Waals surface area contributed by atoms with Crippen LogP contribution in [0.5, 0.6) is 11.5 Å². The van der Waals surface area contributed by atoms with Crippen molar-refractivity contribution in [1.82, 2.24) is 5.32 Å². The van der Waals surface area contributed by atoms with Gasteiger partial charge in [-0.2, -0.15) is 0 Å². The van der Waals surface area contributed by atoms with Gasteiger partial charge in [0.05, 0.1) is 14.2 Å². The van der Waals surface area contributed by atoms with Crippen LogP contribution in [0.2, 0.25) is 0 Å². The number of methoxy groups -OCH3 is 2. The second kappa shape index (κ2) is 9.16. The Hall–Kier alpha value is -2.76. The lowest BCUT2D eigenvalue weighted by Crippen LogP contribution is -2.42. The van der Waals surface area contributed by atoms with Gasteiger partial charge in [-0.1, -0.05) is 19.1 Å². The van der Waals surface area contributed by atoms with Crippen molar-refractivity contribution in [3.8, 4) is 11.5 Å². The summed E-state index contributed by atoms with van der Waals surface area (Å²) in [5.41, 5.74) is 2.88. The topological polar surface area (TPSA) is 73.9 Å². The smallest absolute Gasteiger partial charge is 0.316 e. The second-order valence-electron chi connectivity index (χ2n) is 8.58. The van der Waals surface area contributed by atoms with Gasteiger partial charge in [0.25, 0.3) is 0 Å². The molecule has 0 bridgehead atoms. The van der Waals surface area contributed by atoms with E-state index in [-0.39, 0.29) is 17.9 Å². The first-order valence-electron chi connectivity index (χ1n) is 11.2. The molecule has 1 N–H and O–H groups in total. The molecule has 1 aromatic carbocycles. The minimum absolute atomic E-state index is 0.0649. The quantitative estimate of drug-likeness (QED) is 0.705. The van der Waals surface area contributed by atoms with Crippen LogP contribution in [0.15, 0.2) is 41.7 Å². The summed E-state index contributed by atoms with van der Waals surface area (Å²) >= 11 is 0. The molecule has 1 heterocycles. The monoisotopic (exact) mass is 425 g/mol. The van der Waals surface area contributed by atoms with Crippen molar-refractivity contribution >= 4 is 11.8 Å². The fourth-order valence-electron chi connectivity index (χ4n) is 5.10. The lowest BCUT2D eigenvalue weighted by molar-refractivity contribution is -0.155. The molecule has 1 aromatic rings. The summed E-state index contributed by atoms with van der Waals surface area (Å²) in [5, 5.41) is 3.27. The number of rotatable bonds is 5. The zero-order valence-corrected chi connectivity index (χ0v) is 18.4. The number of Topliss-reactive ketones (excluding diaryl/α,β-unsaturated/α-hetero) is 1. The van der Waals surface area contributed by atoms with Gasteiger partial charge >= 0.3 is 5.97 Å². The molecule has 2 atom stereocenters. The fourth-order valence-corrected chi connectivity index (χ4v) is 5.10. The molecule has 0 radical (unpaired) electrons. The summed E-state index contributed by atoms with van der Waals surface area (Å²) < 4.78 is 16.9. The highest BCUT2D eigenvalue weighted by Crippen LogP contribution is 2.47. The first-order valence-corrected chi connectivity index (χ1v) is 11.2. The lowest BCUT2D eigenvalue weighted by atomic mass is 9.71. The summed E-state index contributed by atoms with van der Waals surface area (Å²) in [7, 11) is 3.18. The standard InChI is InChI=1S/C25H31NO5/c1-15-22(25(28)31-16-8-5-4-6-9-16)23(24-19(26-15)10-7-11-20(24)27)18-13-12-17(29-2)14-21(18)30-3/h12-14,16,22-23,26H,1,4-11H2,2-3H3. The molecule has 1 fully saturated rings. The van der Waals surface area contributed by atoms with Gasteiger partial charge in [-0.05, 0) is 44.6 Å². The first-order chi connectivity index (χ1) is 15.0. The molecule has 31 heavy (non-hydrogen) atoms. The van der Waals surface area contributed by atoms with Crippen molar-refractivity contribution in [3.05, 3.63) is 47.3 Å². The normalized spacial score (nSPS) is 24.3. The van der Waals surface area contributed by atoms with Gasteiger partial charge in [0.15, 0.2) is 5.78 Å². The Kier molecular flexibility index (Phi) is 6.35. The maximum atomic E-state index is 13.4. The molecule has 0 aromatic heterocycles. The summed E-state index contributed by atoms with van der Waals surface area (Å²) in [6.45, 7) is 4.17. The molecule has 1 aliphatic heterocycles. The van der Waals surface area contributed by atoms with Crippen molar-refractivity contribution in [3.63, 3.8) is 0 Å². The number of nitrogens with one attached hydrogen (secondary N) is 1. The highest BCUT2D eigenvalue weighted by atomic mass is 16.5. The highest BCUT2D eigenvalue weighted by Gasteiger charge is 2.45. The van der Waals surface area contributed by atoms with Crippen molar-refractivity contribution in [2.75, 3.05) is 14.2 Å². The van der Waals surface area contributed by atoms with Crippen LogP contribution < -0.4 is 14.8 Å². The van der Waals surface area contributed by atoms with Crippen LogP contribution in [0, 0.1) is 5.92 Å². The molecule has 166 valence electrons. The first kappa shape index (κ1) is 21.5. The Bertz CT molecular complexity index is 912. The maximum Gasteiger partial charge on any atom is 0.316 e. The molecule has 0 saturated heterocycles. The van der Waals surface area contributed by atoms with Crippen LogP contribution >= 0.6 is 0 Å². The zero-order valence-electron chi connectivity index (χ0n) is 18.4. The third kappa shape index (κ3) is 4.21. The summed E-state index contributed by atoms with van der Waals surface area (Å²) in [6.07, 6.45) is 7.08. The van der Waals surface area contributed by atoms with Gasteiger partial charge in [-0.25, -0.2) is 0 Å². The van der Waals surface area contributed by atoms with Crippen molar-refractivity contribution in [1.29, 1.82) is 0 Å². The number of allylic oxidation sites excluding steroid dienone is 2. The van der Waals surface area contributed by atoms with Crippen LogP contribution in [-0.4, -0.2) is 32.1 Å². The number of benzene rings is 1. The Morgan fingerprint density at radius 3 is 2.55 bits per heavy atom. The van der Waals surface area contributed by atoms with Gasteiger partial charge in [0, 0.05) is 40.9 Å². The summed E-state index contributed by atoms with van der Waals surface area (Å²) in [5.74, 6) is -0.200. The van der Waals surface area contributed by atoms with E-state index in [0.29, 0.717) is 29.2 Å². The van der Waals surface area contributed by atoms with E-state index in [9.17, 15) is 9.59 Å². The maximum absolute atomic E-state index is 13.4. The minimum Gasteiger partial charge on any atom is -0.497 e. The predicted molar refractivity (Wildman–Crippen MR) is 117 cm³/mol. The summed E-state index contributed by atoms with van der Waals surface area (Å²) in [6, 6.07) is 5.51. The van der Waals surface area contributed by atoms with Gasteiger partial charge in [0.1, 0.15) is 23.5 Å². The van der Waals surface area contributed by atoms with E-state index in [1.807, 2.05) is 12.1 Å². The molecular weight excluding hydrogens is 394 g/mol. The number of carbonyl (C=O) groups excluding carboxylic acids is 2. The second-order valence-corrected chi connectivity index (χ2v) is 8.58. The number of hydrogen-bond donors (Lipinski definition) is 1. The molecule has 0 amide bonds. The van der Waals surface area contributed by atoms with Crippen LogP contribution in [-0.2, 0) is 14.3 Å². The Labute approximate surface area is 183 Å². The lowest BCUT2D eigenvalue weighted by Gasteiger charge is -2.39. The highest BCUT2D eigenvalue weighted by molar-refractivity contribution is 6.00. The number of ketones is 1. The Balaban J connectivity index is 1.77. The molecular formula is C25H31NO5. The summed E-state index contributed by atoms with van der Waals surface area (Å²) in [4.78, 5) is 26.5. The Morgan fingerprint density at radius 1 is 1.06 bits per heavy atom. The Morgan fingerprint density at radius 2 is 1.84 bits per heavy atom. The van der Waals surface area contributed by atoms with E-state index in [1.165, 1.54) is 6.42 Å². The average Bonchev–Trinajstić information content (AvgIpc) is 2.78. The third-order valence-electron chi connectivity index (χ3n) is 6.65. The van der Waals surface area contributed by atoms with Gasteiger partial charge in [-0.15, -0.1) is 0 Å². The molecule has 0 spiro atoms. The van der Waals surface area contributed by atoms with Gasteiger partial charge in [0.2, 0.25) is 0 Å². The van der Waals surface area contributed by atoms with Crippen LogP contribution in [0.25, 0.3) is 0 Å². The van der Waals surface area contributed by atoms with Gasteiger partial charge in [-0.3, -0.25) is 9.59 Å². The molecule has 2 aliphatic carbocycles. The van der Waals surface area contributed by atoms with E-state index in [2.05, 4.69) is 11.9 Å². The molecule has 1 saturated carbocycles. The average molecular weight is 426 g/mol. The fraction of sp³-hybridized carbons (Fsp3) is 0.520. The van der Waals surface area contributed by atoms with Crippen LogP contribution in [0.4, 0.5) is 0 Å². The van der Waals surface area contributed by atoms with E-state index >= 15 is 0 Å². The largest absolute Gasteiger partial charge is 0.497 e. The number of hydrogen-bond acceptors (Lipinski definition) is 6. The molecule has 3 aliphatic rings. The van der Waals surface area contributed by atoms with E-state index in [4.69, 9.17) is 14.2 Å². The van der Waals surface area contributed by atoms with E-state index in [0.717, 1.165) is 49.8 Å². The van der Waals surface area contributed by atoms with E-state index in [1.54, 1.807) is 20.3 Å². The van der Waals surface area contributed by atoms with Crippen LogP contribution in [0.1, 0.15) is 62.8 Å². The van der Waals surface area contributed by atoms with Crippen molar-refractivity contribution in [2.24, 2.45) is 5.92 Å². The number of ether oxygens (including phenoxy) is 3. The number of carbonyl (C=O) groups is 2. The van der Waals surface area contributed by atoms with Gasteiger partial charge < -0.3 is 19.5 Å². The predicted octanol–water partition coefficient (Wildman–Crippen LogP) is 4.40. The molecule has 4 rings (SSSR count). The molecule has 2 unspecified atom stereocenters.